The Bertz CT molecular complexity index is 3320. The van der Waals surface area contributed by atoms with Crippen LogP contribution in [0, 0.1) is 0 Å². The lowest BCUT2D eigenvalue weighted by Gasteiger charge is -2.14. The summed E-state index contributed by atoms with van der Waals surface area (Å²) in [6.07, 6.45) is 0. The van der Waals surface area contributed by atoms with E-state index in [1.54, 1.807) is 0 Å². The summed E-state index contributed by atoms with van der Waals surface area (Å²) < 4.78 is 9.64. The topological polar surface area (TPSA) is 27.7 Å². The van der Waals surface area contributed by atoms with Gasteiger partial charge >= 0.3 is 0 Å². The second kappa shape index (κ2) is 10.4. The van der Waals surface area contributed by atoms with E-state index >= 15 is 0 Å². The van der Waals surface area contributed by atoms with Crippen LogP contribution in [-0.2, 0) is 0 Å². The molecule has 0 aliphatic carbocycles. The van der Waals surface area contributed by atoms with Gasteiger partial charge in [0.25, 0.3) is 0 Å². The van der Waals surface area contributed by atoms with Crippen LogP contribution < -0.4 is 0 Å². The number of para-hydroxylation sites is 5. The van der Waals surface area contributed by atoms with Crippen molar-refractivity contribution in [1.29, 1.82) is 0 Å². The van der Waals surface area contributed by atoms with Crippen LogP contribution in [0.25, 0.3) is 103 Å². The smallest absolute Gasteiger partial charge is 0.140 e. The van der Waals surface area contributed by atoms with E-state index in [1.807, 2.05) is 11.3 Å². The molecule has 4 nitrogen and oxygen atoms in total. The number of rotatable bonds is 3. The molecule has 12 aromatic rings. The second-order valence-corrected chi connectivity index (χ2v) is 14.6. The summed E-state index contributed by atoms with van der Waals surface area (Å²) in [5, 5.41) is 8.61. The Kier molecular flexibility index (Phi) is 5.62. The van der Waals surface area contributed by atoms with Crippen molar-refractivity contribution in [2.45, 2.75) is 0 Å². The minimum Gasteiger partial charge on any atom is -0.309 e. The molecule has 0 saturated heterocycles. The van der Waals surface area contributed by atoms with Gasteiger partial charge < -0.3 is 9.13 Å². The van der Waals surface area contributed by atoms with Crippen LogP contribution in [0.15, 0.2) is 170 Å². The van der Waals surface area contributed by atoms with Crippen LogP contribution in [0.1, 0.15) is 0 Å². The molecular formula is C47H28N4S. The van der Waals surface area contributed by atoms with Crippen LogP contribution >= 0.6 is 11.3 Å². The van der Waals surface area contributed by atoms with E-state index in [9.17, 15) is 0 Å². The number of hydrogen-bond acceptors (Lipinski definition) is 2. The van der Waals surface area contributed by atoms with Crippen LogP contribution in [0.5, 0.6) is 0 Å². The molecule has 5 heteroatoms. The molecule has 0 bridgehead atoms. The normalized spacial score (nSPS) is 12.2. The summed E-state index contributed by atoms with van der Waals surface area (Å²) >= 11 is 1.82. The predicted octanol–water partition coefficient (Wildman–Crippen LogP) is 12.7. The van der Waals surface area contributed by atoms with Crippen molar-refractivity contribution in [1.82, 2.24) is 18.7 Å². The Morgan fingerprint density at radius 1 is 0.365 bits per heavy atom. The minimum atomic E-state index is 0.906. The Balaban J connectivity index is 1.19. The van der Waals surface area contributed by atoms with E-state index in [4.69, 9.17) is 4.98 Å². The van der Waals surface area contributed by atoms with E-state index in [0.717, 1.165) is 33.7 Å². The molecule has 0 unspecified atom stereocenters. The highest BCUT2D eigenvalue weighted by molar-refractivity contribution is 7.26. The van der Waals surface area contributed by atoms with Gasteiger partial charge in [0.05, 0.1) is 49.0 Å². The molecule has 7 aromatic carbocycles. The number of hydrogen-bond donors (Lipinski definition) is 0. The molecule has 0 aliphatic rings. The van der Waals surface area contributed by atoms with Crippen LogP contribution in [-0.4, -0.2) is 18.7 Å². The van der Waals surface area contributed by atoms with E-state index in [-0.39, 0.29) is 0 Å². The van der Waals surface area contributed by atoms with Crippen LogP contribution in [0.2, 0.25) is 0 Å². The van der Waals surface area contributed by atoms with Gasteiger partial charge in [0.2, 0.25) is 0 Å². The van der Waals surface area contributed by atoms with Crippen molar-refractivity contribution < 1.29 is 0 Å². The number of thiophene rings is 1. The standard InChI is InChI=1S/C47H28N4S/c1-7-19-37-30(13-1)31-14-2-8-20-38(31)49(37)29-25-26-42-36(27-29)34-17-5-11-23-41(34)51(42)45-28-43(47-46(48-45)35-18-6-12-24-44(35)52-47)50-39-21-9-3-15-32(39)33-16-4-10-22-40(33)50/h1-28H. The van der Waals surface area contributed by atoms with E-state index < -0.39 is 0 Å². The van der Waals surface area contributed by atoms with Gasteiger partial charge in [-0.25, -0.2) is 4.98 Å². The van der Waals surface area contributed by atoms with Gasteiger partial charge in [-0.1, -0.05) is 109 Å². The Morgan fingerprint density at radius 2 is 0.808 bits per heavy atom. The van der Waals surface area contributed by atoms with E-state index in [0.29, 0.717) is 0 Å². The van der Waals surface area contributed by atoms with Gasteiger partial charge in [-0.15, -0.1) is 11.3 Å². The molecular weight excluding hydrogens is 653 g/mol. The van der Waals surface area contributed by atoms with Crippen molar-refractivity contribution >= 4 is 97.1 Å². The third-order valence-corrected chi connectivity index (χ3v) is 12.0. The maximum Gasteiger partial charge on any atom is 0.140 e. The molecule has 0 aliphatic heterocycles. The third kappa shape index (κ3) is 3.72. The van der Waals surface area contributed by atoms with E-state index in [2.05, 4.69) is 184 Å². The summed E-state index contributed by atoms with van der Waals surface area (Å²) in [6.45, 7) is 0. The Hall–Kier alpha value is -6.69. The van der Waals surface area contributed by atoms with Gasteiger partial charge in [0.1, 0.15) is 5.82 Å². The molecule has 0 atom stereocenters. The molecule has 5 aromatic heterocycles. The maximum absolute atomic E-state index is 5.55. The van der Waals surface area contributed by atoms with Crippen molar-refractivity contribution in [2.75, 3.05) is 0 Å². The molecule has 242 valence electrons. The monoisotopic (exact) mass is 680 g/mol. The number of nitrogens with zero attached hydrogens (tertiary/aromatic N) is 4. The van der Waals surface area contributed by atoms with Crippen molar-refractivity contribution in [2.24, 2.45) is 0 Å². The maximum atomic E-state index is 5.55. The number of aromatic nitrogens is 4. The second-order valence-electron chi connectivity index (χ2n) is 13.6. The fourth-order valence-corrected chi connectivity index (χ4v) is 9.81. The fraction of sp³-hybridized carbons (Fsp3) is 0. The van der Waals surface area contributed by atoms with Gasteiger partial charge in [0.15, 0.2) is 0 Å². The highest BCUT2D eigenvalue weighted by Gasteiger charge is 2.22. The molecule has 52 heavy (non-hydrogen) atoms. The zero-order valence-corrected chi connectivity index (χ0v) is 28.7. The number of fused-ring (bicyclic) bond motifs is 12. The molecule has 0 amide bonds. The lowest BCUT2D eigenvalue weighted by molar-refractivity contribution is 1.08. The summed E-state index contributed by atoms with van der Waals surface area (Å²) in [5.41, 5.74) is 10.4. The molecule has 0 fully saturated rings. The first kappa shape index (κ1) is 28.1. The molecule has 12 rings (SSSR count). The number of pyridine rings is 1. The van der Waals surface area contributed by atoms with Gasteiger partial charge in [-0.2, -0.15) is 0 Å². The van der Waals surface area contributed by atoms with Crippen LogP contribution in [0.4, 0.5) is 0 Å². The Labute approximate surface area is 301 Å². The summed E-state index contributed by atoms with van der Waals surface area (Å²) in [4.78, 5) is 5.55. The summed E-state index contributed by atoms with van der Waals surface area (Å²) in [6, 6.07) is 61.6. The fourth-order valence-electron chi connectivity index (χ4n) is 8.66. The third-order valence-electron chi connectivity index (χ3n) is 10.8. The summed E-state index contributed by atoms with van der Waals surface area (Å²) in [7, 11) is 0. The number of benzene rings is 7. The first-order valence-corrected chi connectivity index (χ1v) is 18.5. The van der Waals surface area contributed by atoms with Gasteiger partial charge in [-0.05, 0) is 54.6 Å². The van der Waals surface area contributed by atoms with Crippen molar-refractivity contribution in [3.05, 3.63) is 170 Å². The molecule has 0 spiro atoms. The minimum absolute atomic E-state index is 0.906. The predicted molar refractivity (Wildman–Crippen MR) is 220 cm³/mol. The molecule has 0 N–H and O–H groups in total. The SMILES string of the molecule is c1ccc2c(c1)sc1c(-n3c4ccccc4c4ccccc43)cc(-n3c4ccccc4c4cc(-n5c6ccccc6c6ccccc65)ccc43)nc12. The van der Waals surface area contributed by atoms with Crippen molar-refractivity contribution in [3.8, 4) is 17.2 Å². The first-order valence-electron chi connectivity index (χ1n) is 17.6. The zero-order chi connectivity index (χ0) is 33.9. The average molecular weight is 681 g/mol. The van der Waals surface area contributed by atoms with E-state index in [1.165, 1.54) is 69.2 Å². The zero-order valence-electron chi connectivity index (χ0n) is 27.9. The highest BCUT2D eigenvalue weighted by atomic mass is 32.1. The largest absolute Gasteiger partial charge is 0.309 e. The Morgan fingerprint density at radius 3 is 1.38 bits per heavy atom. The quantitative estimate of drug-likeness (QED) is 0.182. The molecule has 0 radical (unpaired) electrons. The average Bonchev–Trinajstić information content (AvgIpc) is 3.94. The van der Waals surface area contributed by atoms with Crippen LogP contribution in [0.3, 0.4) is 0 Å². The molecule has 0 saturated carbocycles. The van der Waals surface area contributed by atoms with Crippen molar-refractivity contribution in [3.63, 3.8) is 0 Å². The highest BCUT2D eigenvalue weighted by Crippen LogP contribution is 2.43. The molecule has 5 heterocycles. The van der Waals surface area contributed by atoms with Gasteiger partial charge in [0, 0.05) is 54.2 Å². The summed E-state index contributed by atoms with van der Waals surface area (Å²) in [5.74, 6) is 0.906. The lowest BCUT2D eigenvalue weighted by Crippen LogP contribution is -2.02. The lowest BCUT2D eigenvalue weighted by atomic mass is 10.1. The first-order chi connectivity index (χ1) is 25.8. The van der Waals surface area contributed by atoms with Gasteiger partial charge in [-0.3, -0.25) is 4.57 Å².